The Balaban J connectivity index is 1.69. The number of hydrogen-bond acceptors (Lipinski definition) is 4. The molecule has 3 amide bonds. The average Bonchev–Trinajstić information content (AvgIpc) is 2.94. The molecular weight excluding hydrogens is 372 g/mol. The van der Waals surface area contributed by atoms with Crippen molar-refractivity contribution < 1.29 is 14.4 Å². The Hall–Kier alpha value is -2.31. The topological polar surface area (TPSA) is 66.5 Å². The van der Waals surface area contributed by atoms with E-state index >= 15 is 0 Å². The fourth-order valence-electron chi connectivity index (χ4n) is 2.64. The van der Waals surface area contributed by atoms with Crippen LogP contribution in [-0.4, -0.2) is 27.7 Å². The first-order valence-corrected chi connectivity index (χ1v) is 9.43. The Labute approximate surface area is 160 Å². The third-order valence-electron chi connectivity index (χ3n) is 4.09. The second-order valence-corrected chi connectivity index (χ2v) is 7.34. The Kier molecular flexibility index (Phi) is 5.64. The van der Waals surface area contributed by atoms with Crippen LogP contribution in [0, 0.1) is 0 Å². The predicted octanol–water partition coefficient (Wildman–Crippen LogP) is 4.03. The standard InChI is InChI=1S/C19H17ClN2O3S/c1-12(14-5-7-16(20)8-6-14)21-18(24)15-4-2-3-13(9-15)10-22-17(23)11-26-19(22)25/h2-9,12H,10-11H2,1H3,(H,21,24). The number of benzene rings is 2. The van der Waals surface area contributed by atoms with E-state index in [0.717, 1.165) is 22.9 Å². The van der Waals surface area contributed by atoms with Crippen LogP contribution in [-0.2, 0) is 11.3 Å². The first-order chi connectivity index (χ1) is 12.4. The summed E-state index contributed by atoms with van der Waals surface area (Å²) in [7, 11) is 0. The molecule has 7 heteroatoms. The summed E-state index contributed by atoms with van der Waals surface area (Å²) in [5.41, 5.74) is 2.17. The molecule has 0 aliphatic carbocycles. The van der Waals surface area contributed by atoms with Crippen LogP contribution in [0.3, 0.4) is 0 Å². The van der Waals surface area contributed by atoms with Crippen LogP contribution in [0.4, 0.5) is 4.79 Å². The van der Waals surface area contributed by atoms with Crippen LogP contribution in [0.25, 0.3) is 0 Å². The van der Waals surface area contributed by atoms with E-state index in [0.29, 0.717) is 10.6 Å². The van der Waals surface area contributed by atoms with Gasteiger partial charge in [-0.15, -0.1) is 0 Å². The van der Waals surface area contributed by atoms with Gasteiger partial charge in [-0.3, -0.25) is 19.3 Å². The predicted molar refractivity (Wildman–Crippen MR) is 102 cm³/mol. The number of hydrogen-bond donors (Lipinski definition) is 1. The van der Waals surface area contributed by atoms with Gasteiger partial charge < -0.3 is 5.32 Å². The van der Waals surface area contributed by atoms with Gasteiger partial charge in [0.25, 0.3) is 11.1 Å². The number of halogens is 1. The highest BCUT2D eigenvalue weighted by Crippen LogP contribution is 2.22. The van der Waals surface area contributed by atoms with Crippen molar-refractivity contribution in [2.75, 3.05) is 5.75 Å². The SMILES string of the molecule is CC(NC(=O)c1cccc(CN2C(=O)CSC2=O)c1)c1ccc(Cl)cc1. The Morgan fingerprint density at radius 1 is 1.23 bits per heavy atom. The van der Waals surface area contributed by atoms with Crippen LogP contribution in [0.2, 0.25) is 5.02 Å². The molecule has 0 radical (unpaired) electrons. The van der Waals surface area contributed by atoms with Crippen molar-refractivity contribution in [2.45, 2.75) is 19.5 Å². The highest BCUT2D eigenvalue weighted by Gasteiger charge is 2.29. The molecular formula is C19H17ClN2O3S. The maximum atomic E-state index is 12.5. The van der Waals surface area contributed by atoms with Gasteiger partial charge in [0.2, 0.25) is 5.91 Å². The summed E-state index contributed by atoms with van der Waals surface area (Å²) < 4.78 is 0. The van der Waals surface area contributed by atoms with E-state index in [2.05, 4.69) is 5.32 Å². The molecule has 1 fully saturated rings. The van der Waals surface area contributed by atoms with E-state index in [1.807, 2.05) is 19.1 Å². The third kappa shape index (κ3) is 4.26. The van der Waals surface area contributed by atoms with Crippen LogP contribution < -0.4 is 5.32 Å². The third-order valence-corrected chi connectivity index (χ3v) is 5.20. The second-order valence-electron chi connectivity index (χ2n) is 5.98. The van der Waals surface area contributed by atoms with Crippen molar-refractivity contribution in [3.05, 3.63) is 70.2 Å². The monoisotopic (exact) mass is 388 g/mol. The average molecular weight is 389 g/mol. The van der Waals surface area contributed by atoms with E-state index in [-0.39, 0.29) is 35.4 Å². The molecule has 1 N–H and O–H groups in total. The zero-order chi connectivity index (χ0) is 18.7. The summed E-state index contributed by atoms with van der Waals surface area (Å²) in [5.74, 6) is -0.244. The van der Waals surface area contributed by atoms with Crippen molar-refractivity contribution in [3.8, 4) is 0 Å². The minimum Gasteiger partial charge on any atom is -0.346 e. The molecule has 0 saturated carbocycles. The smallest absolute Gasteiger partial charge is 0.289 e. The molecule has 0 spiro atoms. The maximum absolute atomic E-state index is 12.5. The van der Waals surface area contributed by atoms with Crippen molar-refractivity contribution in [2.24, 2.45) is 0 Å². The number of rotatable bonds is 5. The van der Waals surface area contributed by atoms with E-state index in [1.54, 1.807) is 36.4 Å². The number of carbonyl (C=O) groups excluding carboxylic acids is 3. The quantitative estimate of drug-likeness (QED) is 0.839. The van der Waals surface area contributed by atoms with Crippen LogP contribution in [0.5, 0.6) is 0 Å². The Morgan fingerprint density at radius 2 is 1.96 bits per heavy atom. The van der Waals surface area contributed by atoms with Crippen LogP contribution in [0.1, 0.15) is 34.5 Å². The van der Waals surface area contributed by atoms with Gasteiger partial charge in [0.05, 0.1) is 18.3 Å². The van der Waals surface area contributed by atoms with Crippen molar-refractivity contribution in [1.82, 2.24) is 10.2 Å². The van der Waals surface area contributed by atoms with E-state index < -0.39 is 0 Å². The zero-order valence-corrected chi connectivity index (χ0v) is 15.6. The number of nitrogens with one attached hydrogen (secondary N) is 1. The minimum atomic E-state index is -0.249. The lowest BCUT2D eigenvalue weighted by Crippen LogP contribution is -2.29. The number of carbonyl (C=O) groups is 3. The number of imide groups is 1. The largest absolute Gasteiger partial charge is 0.346 e. The molecule has 0 bridgehead atoms. The van der Waals surface area contributed by atoms with Gasteiger partial charge in [-0.25, -0.2) is 0 Å². The lowest BCUT2D eigenvalue weighted by molar-refractivity contribution is -0.125. The van der Waals surface area contributed by atoms with Gasteiger partial charge in [0, 0.05) is 10.6 Å². The molecule has 2 aromatic rings. The summed E-state index contributed by atoms with van der Waals surface area (Å²) in [6.07, 6.45) is 0. The van der Waals surface area contributed by atoms with Crippen molar-refractivity contribution in [1.29, 1.82) is 0 Å². The summed E-state index contributed by atoms with van der Waals surface area (Å²) in [4.78, 5) is 37.2. The van der Waals surface area contributed by atoms with Gasteiger partial charge >= 0.3 is 0 Å². The van der Waals surface area contributed by atoms with E-state index in [1.165, 1.54) is 4.90 Å². The molecule has 1 heterocycles. The molecule has 2 aromatic carbocycles. The molecule has 1 atom stereocenters. The molecule has 5 nitrogen and oxygen atoms in total. The molecule has 1 unspecified atom stereocenters. The van der Waals surface area contributed by atoms with Gasteiger partial charge in [0.15, 0.2) is 0 Å². The molecule has 1 aliphatic rings. The lowest BCUT2D eigenvalue weighted by atomic mass is 10.1. The first-order valence-electron chi connectivity index (χ1n) is 8.06. The van der Waals surface area contributed by atoms with Gasteiger partial charge in [-0.05, 0) is 42.3 Å². The van der Waals surface area contributed by atoms with E-state index in [9.17, 15) is 14.4 Å². The minimum absolute atomic E-state index is 0.178. The molecule has 3 rings (SSSR count). The fourth-order valence-corrected chi connectivity index (χ4v) is 3.49. The molecule has 1 saturated heterocycles. The van der Waals surface area contributed by atoms with Gasteiger partial charge in [0.1, 0.15) is 0 Å². The fraction of sp³-hybridized carbons (Fsp3) is 0.211. The number of thioether (sulfide) groups is 1. The molecule has 26 heavy (non-hydrogen) atoms. The summed E-state index contributed by atoms with van der Waals surface area (Å²) in [6.45, 7) is 2.07. The highest BCUT2D eigenvalue weighted by molar-refractivity contribution is 8.14. The van der Waals surface area contributed by atoms with Gasteiger partial charge in [-0.2, -0.15) is 0 Å². The Morgan fingerprint density at radius 3 is 2.62 bits per heavy atom. The summed E-state index contributed by atoms with van der Waals surface area (Å²) >= 11 is 6.88. The number of amides is 3. The second kappa shape index (κ2) is 7.93. The molecule has 0 aromatic heterocycles. The Bertz CT molecular complexity index is 838. The van der Waals surface area contributed by atoms with Crippen molar-refractivity contribution >= 4 is 40.4 Å². The summed E-state index contributed by atoms with van der Waals surface area (Å²) in [6, 6.07) is 14.1. The molecule has 1 aliphatic heterocycles. The number of nitrogens with zero attached hydrogens (tertiary/aromatic N) is 1. The normalized spacial score (nSPS) is 15.2. The first kappa shape index (κ1) is 18.5. The zero-order valence-electron chi connectivity index (χ0n) is 14.1. The highest BCUT2D eigenvalue weighted by atomic mass is 35.5. The summed E-state index contributed by atoms with van der Waals surface area (Å²) in [5, 5.41) is 3.33. The van der Waals surface area contributed by atoms with Crippen LogP contribution >= 0.6 is 23.4 Å². The maximum Gasteiger partial charge on any atom is 0.289 e. The molecule has 134 valence electrons. The van der Waals surface area contributed by atoms with Crippen molar-refractivity contribution in [3.63, 3.8) is 0 Å². The van der Waals surface area contributed by atoms with E-state index in [4.69, 9.17) is 11.6 Å². The van der Waals surface area contributed by atoms with Crippen LogP contribution in [0.15, 0.2) is 48.5 Å². The lowest BCUT2D eigenvalue weighted by Gasteiger charge is -2.16. The van der Waals surface area contributed by atoms with Gasteiger partial charge in [-0.1, -0.05) is 47.6 Å².